The predicted octanol–water partition coefficient (Wildman–Crippen LogP) is 2.76. The van der Waals surface area contributed by atoms with Crippen molar-refractivity contribution in [2.45, 2.75) is 26.3 Å². The fourth-order valence-electron chi connectivity index (χ4n) is 1.84. The molecule has 0 spiro atoms. The molecule has 0 saturated carbocycles. The molecule has 1 aromatic carbocycles. The average molecular weight is 313 g/mol. The lowest BCUT2D eigenvalue weighted by Gasteiger charge is -2.07. The maximum atomic E-state index is 13.3. The summed E-state index contributed by atoms with van der Waals surface area (Å²) >= 11 is 3.27. The number of aromatic nitrogens is 3. The number of anilines is 1. The number of rotatable bonds is 4. The van der Waals surface area contributed by atoms with Crippen molar-refractivity contribution in [1.29, 1.82) is 0 Å². The second-order valence-electron chi connectivity index (χ2n) is 4.11. The van der Waals surface area contributed by atoms with E-state index < -0.39 is 0 Å². The number of nitrogens with zero attached hydrogens (tertiary/aromatic N) is 3. The molecule has 96 valence electrons. The molecular formula is C12H14BrFN4. The van der Waals surface area contributed by atoms with Gasteiger partial charge < -0.3 is 5.73 Å². The lowest BCUT2D eigenvalue weighted by Crippen LogP contribution is -2.07. The minimum absolute atomic E-state index is 0.274. The van der Waals surface area contributed by atoms with Crippen molar-refractivity contribution >= 4 is 21.7 Å². The first-order chi connectivity index (χ1) is 8.60. The highest BCUT2D eigenvalue weighted by Crippen LogP contribution is 2.17. The van der Waals surface area contributed by atoms with E-state index in [-0.39, 0.29) is 5.82 Å². The maximum Gasteiger partial charge on any atom is 0.169 e. The molecule has 0 saturated heterocycles. The van der Waals surface area contributed by atoms with Gasteiger partial charge in [0.25, 0.3) is 0 Å². The summed E-state index contributed by atoms with van der Waals surface area (Å²) in [5, 5.41) is 7.85. The van der Waals surface area contributed by atoms with Crippen LogP contribution in [0.5, 0.6) is 0 Å². The number of nitrogen functional groups attached to an aromatic ring is 1. The fraction of sp³-hybridized carbons (Fsp3) is 0.333. The highest BCUT2D eigenvalue weighted by molar-refractivity contribution is 9.10. The Morgan fingerprint density at radius 1 is 1.39 bits per heavy atom. The summed E-state index contributed by atoms with van der Waals surface area (Å²) in [6.07, 6.45) is 1.78. The van der Waals surface area contributed by atoms with Gasteiger partial charge in [-0.3, -0.25) is 0 Å². The molecule has 0 unspecified atom stereocenters. The van der Waals surface area contributed by atoms with Gasteiger partial charge in [-0.2, -0.15) is 0 Å². The molecule has 2 N–H and O–H groups in total. The fourth-order valence-corrected chi connectivity index (χ4v) is 2.35. The minimum atomic E-state index is -0.274. The van der Waals surface area contributed by atoms with Crippen molar-refractivity contribution in [3.63, 3.8) is 0 Å². The molecule has 4 nitrogen and oxygen atoms in total. The first-order valence-corrected chi connectivity index (χ1v) is 6.52. The Balaban J connectivity index is 2.28. The molecule has 0 aliphatic carbocycles. The van der Waals surface area contributed by atoms with Crippen LogP contribution in [0.2, 0.25) is 0 Å². The van der Waals surface area contributed by atoms with Crippen LogP contribution in [0.1, 0.15) is 24.6 Å². The second kappa shape index (κ2) is 5.48. The molecule has 0 bridgehead atoms. The van der Waals surface area contributed by atoms with Crippen LogP contribution in [-0.4, -0.2) is 15.0 Å². The zero-order valence-corrected chi connectivity index (χ0v) is 11.6. The minimum Gasteiger partial charge on any atom is -0.381 e. The van der Waals surface area contributed by atoms with Crippen molar-refractivity contribution in [2.75, 3.05) is 5.73 Å². The molecule has 6 heteroatoms. The molecule has 0 fully saturated rings. The summed E-state index contributed by atoms with van der Waals surface area (Å²) in [4.78, 5) is 0. The molecule has 2 aromatic rings. The van der Waals surface area contributed by atoms with E-state index in [0.29, 0.717) is 16.8 Å². The molecule has 0 amide bonds. The molecule has 0 radical (unpaired) electrons. The summed E-state index contributed by atoms with van der Waals surface area (Å²) in [6.45, 7) is 2.53. The van der Waals surface area contributed by atoms with Gasteiger partial charge >= 0.3 is 0 Å². The van der Waals surface area contributed by atoms with Gasteiger partial charge in [0.05, 0.1) is 12.2 Å². The molecule has 18 heavy (non-hydrogen) atoms. The third-order valence-corrected chi connectivity index (χ3v) is 3.07. The molecule has 2 rings (SSSR count). The SMILES string of the molecule is CCCc1c(N)nnn1Cc1cc(F)cc(Br)c1. The zero-order chi connectivity index (χ0) is 13.1. The van der Waals surface area contributed by atoms with Crippen LogP contribution in [0.3, 0.4) is 0 Å². The normalized spacial score (nSPS) is 10.8. The van der Waals surface area contributed by atoms with E-state index in [0.717, 1.165) is 24.1 Å². The van der Waals surface area contributed by atoms with Crippen LogP contribution in [0.15, 0.2) is 22.7 Å². The van der Waals surface area contributed by atoms with Gasteiger partial charge in [-0.1, -0.05) is 34.5 Å². The van der Waals surface area contributed by atoms with E-state index >= 15 is 0 Å². The van der Waals surface area contributed by atoms with Crippen LogP contribution in [0.4, 0.5) is 10.2 Å². The summed E-state index contributed by atoms with van der Waals surface area (Å²) in [6, 6.07) is 4.77. The third kappa shape index (κ3) is 2.87. The average Bonchev–Trinajstić information content (AvgIpc) is 2.60. The summed E-state index contributed by atoms with van der Waals surface area (Å²) in [5.41, 5.74) is 7.49. The van der Waals surface area contributed by atoms with Crippen LogP contribution >= 0.6 is 15.9 Å². The van der Waals surface area contributed by atoms with Crippen LogP contribution in [-0.2, 0) is 13.0 Å². The van der Waals surface area contributed by atoms with E-state index in [1.54, 1.807) is 4.68 Å². The number of nitrogens with two attached hydrogens (primary N) is 1. The monoisotopic (exact) mass is 312 g/mol. The second-order valence-corrected chi connectivity index (χ2v) is 5.02. The number of hydrogen-bond acceptors (Lipinski definition) is 3. The van der Waals surface area contributed by atoms with E-state index in [1.807, 2.05) is 6.07 Å². The topological polar surface area (TPSA) is 56.7 Å². The Labute approximate surface area is 113 Å². The van der Waals surface area contributed by atoms with Crippen molar-refractivity contribution in [3.8, 4) is 0 Å². The van der Waals surface area contributed by atoms with Crippen LogP contribution in [0, 0.1) is 5.82 Å². The lowest BCUT2D eigenvalue weighted by atomic mass is 10.2. The van der Waals surface area contributed by atoms with Gasteiger partial charge in [0, 0.05) is 4.47 Å². The van der Waals surface area contributed by atoms with Crippen molar-refractivity contribution in [2.24, 2.45) is 0 Å². The smallest absolute Gasteiger partial charge is 0.169 e. The van der Waals surface area contributed by atoms with Gasteiger partial charge in [0.2, 0.25) is 0 Å². The standard InChI is InChI=1S/C12H14BrFN4/c1-2-3-11-12(15)16-17-18(11)7-8-4-9(13)6-10(14)5-8/h4-6H,2-3,7,15H2,1H3. The molecule has 0 aliphatic rings. The first-order valence-electron chi connectivity index (χ1n) is 5.73. The largest absolute Gasteiger partial charge is 0.381 e. The Kier molecular flexibility index (Phi) is 3.96. The Morgan fingerprint density at radius 3 is 2.83 bits per heavy atom. The third-order valence-electron chi connectivity index (χ3n) is 2.61. The van der Waals surface area contributed by atoms with Crippen LogP contribution < -0.4 is 5.73 Å². The molecule has 1 aromatic heterocycles. The number of benzene rings is 1. The van der Waals surface area contributed by atoms with Gasteiger partial charge in [0.1, 0.15) is 5.82 Å². The Bertz CT molecular complexity index is 533. The maximum absolute atomic E-state index is 13.3. The van der Waals surface area contributed by atoms with Crippen molar-refractivity contribution in [3.05, 3.63) is 39.7 Å². The molecule has 1 heterocycles. The summed E-state index contributed by atoms with van der Waals surface area (Å²) in [5.74, 6) is 0.178. The van der Waals surface area contributed by atoms with Gasteiger partial charge in [-0.05, 0) is 30.2 Å². The van der Waals surface area contributed by atoms with E-state index in [1.165, 1.54) is 12.1 Å². The van der Waals surface area contributed by atoms with Crippen molar-refractivity contribution in [1.82, 2.24) is 15.0 Å². The number of halogens is 2. The van der Waals surface area contributed by atoms with E-state index in [2.05, 4.69) is 33.2 Å². The van der Waals surface area contributed by atoms with Crippen LogP contribution in [0.25, 0.3) is 0 Å². The van der Waals surface area contributed by atoms with E-state index in [4.69, 9.17) is 5.73 Å². The van der Waals surface area contributed by atoms with Gasteiger partial charge in [-0.15, -0.1) is 5.10 Å². The highest BCUT2D eigenvalue weighted by atomic mass is 79.9. The molecular weight excluding hydrogens is 299 g/mol. The highest BCUT2D eigenvalue weighted by Gasteiger charge is 2.10. The quantitative estimate of drug-likeness (QED) is 0.944. The lowest BCUT2D eigenvalue weighted by molar-refractivity contribution is 0.598. The zero-order valence-electron chi connectivity index (χ0n) is 10.0. The van der Waals surface area contributed by atoms with Gasteiger partial charge in [-0.25, -0.2) is 9.07 Å². The number of hydrogen-bond donors (Lipinski definition) is 1. The van der Waals surface area contributed by atoms with Crippen molar-refractivity contribution < 1.29 is 4.39 Å². The predicted molar refractivity (Wildman–Crippen MR) is 71.6 cm³/mol. The molecule has 0 atom stereocenters. The van der Waals surface area contributed by atoms with E-state index in [9.17, 15) is 4.39 Å². The summed E-state index contributed by atoms with van der Waals surface area (Å²) in [7, 11) is 0. The Hall–Kier alpha value is -1.43. The molecule has 0 aliphatic heterocycles. The first kappa shape index (κ1) is 13.0. The Morgan fingerprint density at radius 2 is 2.17 bits per heavy atom. The van der Waals surface area contributed by atoms with Gasteiger partial charge in [0.15, 0.2) is 5.82 Å². The summed E-state index contributed by atoms with van der Waals surface area (Å²) < 4.78 is 15.7.